The van der Waals surface area contributed by atoms with Crippen LogP contribution in [0.3, 0.4) is 0 Å². The Bertz CT molecular complexity index is 1820. The molecule has 0 fully saturated rings. The van der Waals surface area contributed by atoms with Crippen LogP contribution in [0.2, 0.25) is 0 Å². The third-order valence-electron chi connectivity index (χ3n) is 4.91. The van der Waals surface area contributed by atoms with Crippen LogP contribution < -0.4 is 11.5 Å². The fourth-order valence-corrected chi connectivity index (χ4v) is 5.04. The number of hydrogen-bond donors (Lipinski definition) is 4. The van der Waals surface area contributed by atoms with E-state index < -0.39 is 51.2 Å². The van der Waals surface area contributed by atoms with Gasteiger partial charge in [-0.05, 0) is 55.0 Å². The Morgan fingerprint density at radius 3 is 1.87 bits per heavy atom. The van der Waals surface area contributed by atoms with Gasteiger partial charge in [-0.15, -0.1) is 15.3 Å². The summed E-state index contributed by atoms with van der Waals surface area (Å²) in [7, 11) is -13.3. The van der Waals surface area contributed by atoms with Crippen molar-refractivity contribution in [3.63, 3.8) is 0 Å². The number of anilines is 2. The van der Waals surface area contributed by atoms with E-state index in [1.54, 1.807) is 6.92 Å². The fourth-order valence-electron chi connectivity index (χ4n) is 2.99. The summed E-state index contributed by atoms with van der Waals surface area (Å²) in [6.45, 7) is 4.81. The summed E-state index contributed by atoms with van der Waals surface area (Å²) in [5.74, 6) is 0. The number of nitrogen functional groups attached to an aromatic ring is 2. The van der Waals surface area contributed by atoms with Gasteiger partial charge in [0.15, 0.2) is 9.84 Å². The van der Waals surface area contributed by atoms with E-state index in [0.717, 1.165) is 17.5 Å². The molecule has 3 aromatic rings. The van der Waals surface area contributed by atoms with Gasteiger partial charge in [0.2, 0.25) is 0 Å². The maximum atomic E-state index is 11.9. The molecule has 0 aliphatic heterocycles. The number of azo groups is 2. The second-order valence-electron chi connectivity index (χ2n) is 7.60. The van der Waals surface area contributed by atoms with E-state index in [9.17, 15) is 34.4 Å². The number of hydrogen-bond acceptors (Lipinski definition) is 12. The van der Waals surface area contributed by atoms with Gasteiger partial charge in [-0.25, -0.2) is 8.42 Å². The lowest BCUT2D eigenvalue weighted by atomic mass is 10.2. The molecule has 0 radical (unpaired) electrons. The second kappa shape index (κ2) is 10.4. The molecule has 0 heterocycles. The molecule has 0 bridgehead atoms. The number of aryl methyl sites for hydroxylation is 1. The first kappa shape index (κ1) is 28.5. The molecule has 0 saturated carbocycles. The standard InChI is InChI=1S/C21H20N6O8S3/c1-3-36(28,29)14-7-5-13(6-8-14)24-27-21-19(22)16(11-18(20(21)23)38(33,34)35)26-25-15-9-4-12(2)10-17(15)37(30,31)32/h3-11H,1,22-23H2,2H3,(H,30,31,32)(H,33,34,35). The Hall–Kier alpha value is -4.03. The zero-order valence-electron chi connectivity index (χ0n) is 19.4. The topological polar surface area (TPSA) is 244 Å². The van der Waals surface area contributed by atoms with E-state index in [-0.39, 0.29) is 27.6 Å². The zero-order valence-corrected chi connectivity index (χ0v) is 21.9. The van der Waals surface area contributed by atoms with E-state index in [1.165, 1.54) is 36.4 Å². The van der Waals surface area contributed by atoms with Crippen LogP contribution in [-0.4, -0.2) is 34.4 Å². The van der Waals surface area contributed by atoms with E-state index in [4.69, 9.17) is 11.5 Å². The average Bonchev–Trinajstić information content (AvgIpc) is 2.83. The summed E-state index contributed by atoms with van der Waals surface area (Å²) in [6, 6.07) is 9.74. The summed E-state index contributed by atoms with van der Waals surface area (Å²) >= 11 is 0. The van der Waals surface area contributed by atoms with Crippen molar-refractivity contribution in [3.05, 3.63) is 66.1 Å². The highest BCUT2D eigenvalue weighted by Crippen LogP contribution is 2.43. The molecule has 17 heteroatoms. The van der Waals surface area contributed by atoms with Crippen LogP contribution in [-0.2, 0) is 30.1 Å². The van der Waals surface area contributed by atoms with Gasteiger partial charge in [-0.3, -0.25) is 9.11 Å². The zero-order chi connectivity index (χ0) is 28.5. The van der Waals surface area contributed by atoms with Crippen LogP contribution in [0, 0.1) is 6.92 Å². The van der Waals surface area contributed by atoms with Crippen LogP contribution in [0.25, 0.3) is 0 Å². The second-order valence-corrected chi connectivity index (χ2v) is 12.3. The molecule has 200 valence electrons. The lowest BCUT2D eigenvalue weighted by molar-refractivity contribution is 0.481. The Morgan fingerprint density at radius 2 is 1.32 bits per heavy atom. The number of sulfone groups is 1. The van der Waals surface area contributed by atoms with Crippen LogP contribution in [0.5, 0.6) is 0 Å². The Labute approximate surface area is 217 Å². The third-order valence-corrected chi connectivity index (χ3v) is 8.05. The van der Waals surface area contributed by atoms with Crippen molar-refractivity contribution in [2.24, 2.45) is 20.5 Å². The van der Waals surface area contributed by atoms with Gasteiger partial charge in [0.05, 0.1) is 22.0 Å². The lowest BCUT2D eigenvalue weighted by Crippen LogP contribution is -2.05. The first-order chi connectivity index (χ1) is 17.5. The van der Waals surface area contributed by atoms with Gasteiger partial charge in [-0.2, -0.15) is 21.9 Å². The molecule has 14 nitrogen and oxygen atoms in total. The van der Waals surface area contributed by atoms with E-state index in [2.05, 4.69) is 27.0 Å². The molecule has 0 saturated heterocycles. The monoisotopic (exact) mass is 580 g/mol. The van der Waals surface area contributed by atoms with Crippen molar-refractivity contribution in [3.8, 4) is 0 Å². The van der Waals surface area contributed by atoms with Crippen molar-refractivity contribution in [2.75, 3.05) is 11.5 Å². The average molecular weight is 581 g/mol. The molecule has 0 atom stereocenters. The largest absolute Gasteiger partial charge is 0.396 e. The van der Waals surface area contributed by atoms with E-state index >= 15 is 0 Å². The minimum atomic E-state index is -4.92. The van der Waals surface area contributed by atoms with Gasteiger partial charge < -0.3 is 11.5 Å². The maximum Gasteiger partial charge on any atom is 0.296 e. The van der Waals surface area contributed by atoms with Crippen molar-refractivity contribution in [1.82, 2.24) is 0 Å². The van der Waals surface area contributed by atoms with Crippen LogP contribution >= 0.6 is 0 Å². The van der Waals surface area contributed by atoms with Crippen molar-refractivity contribution >= 4 is 64.2 Å². The highest BCUT2D eigenvalue weighted by molar-refractivity contribution is 7.94. The summed E-state index contributed by atoms with van der Waals surface area (Å²) in [4.78, 5) is -1.45. The van der Waals surface area contributed by atoms with Crippen molar-refractivity contribution in [1.29, 1.82) is 0 Å². The summed E-state index contributed by atoms with van der Waals surface area (Å²) in [5, 5.41) is 16.0. The molecule has 0 spiro atoms. The van der Waals surface area contributed by atoms with Crippen LogP contribution in [0.1, 0.15) is 5.56 Å². The van der Waals surface area contributed by atoms with Gasteiger partial charge in [0, 0.05) is 5.41 Å². The molecule has 0 aliphatic carbocycles. The SMILES string of the molecule is C=CS(=O)(=O)c1ccc(N=Nc2c(N)c(N=Nc3ccc(C)cc3S(=O)(=O)O)cc(S(=O)(=O)O)c2N)cc1. The third kappa shape index (κ3) is 6.26. The quantitative estimate of drug-likeness (QED) is 0.166. The van der Waals surface area contributed by atoms with E-state index in [1.807, 2.05) is 0 Å². The van der Waals surface area contributed by atoms with Gasteiger partial charge in [-0.1, -0.05) is 12.6 Å². The minimum absolute atomic E-state index is 0.0538. The highest BCUT2D eigenvalue weighted by Gasteiger charge is 2.23. The molecule has 0 aromatic heterocycles. The Morgan fingerprint density at radius 1 is 0.737 bits per heavy atom. The summed E-state index contributed by atoms with van der Waals surface area (Å²) < 4.78 is 90.1. The smallest absolute Gasteiger partial charge is 0.296 e. The molecule has 38 heavy (non-hydrogen) atoms. The highest BCUT2D eigenvalue weighted by atomic mass is 32.2. The first-order valence-corrected chi connectivity index (χ1v) is 14.6. The lowest BCUT2D eigenvalue weighted by Gasteiger charge is -2.10. The molecule has 0 unspecified atom stereocenters. The molecular weight excluding hydrogens is 560 g/mol. The van der Waals surface area contributed by atoms with Crippen LogP contribution in [0.15, 0.2) is 95.7 Å². The maximum absolute atomic E-state index is 11.9. The fraction of sp³-hybridized carbons (Fsp3) is 0.0476. The first-order valence-electron chi connectivity index (χ1n) is 10.1. The molecule has 3 rings (SSSR count). The molecule has 6 N–H and O–H groups in total. The van der Waals surface area contributed by atoms with Crippen LogP contribution in [0.4, 0.5) is 34.1 Å². The molecule has 0 amide bonds. The number of rotatable bonds is 8. The molecular formula is C21H20N6O8S3. The Kier molecular flexibility index (Phi) is 7.80. The van der Waals surface area contributed by atoms with Gasteiger partial charge in [0.1, 0.15) is 26.9 Å². The van der Waals surface area contributed by atoms with Gasteiger partial charge in [0.25, 0.3) is 20.2 Å². The normalized spacial score (nSPS) is 12.8. The number of nitrogens with zero attached hydrogens (tertiary/aromatic N) is 4. The summed E-state index contributed by atoms with van der Waals surface area (Å²) in [5.41, 5.74) is 10.5. The Balaban J connectivity index is 2.14. The number of benzene rings is 3. The number of nitrogens with two attached hydrogens (primary N) is 2. The summed E-state index contributed by atoms with van der Waals surface area (Å²) in [6.07, 6.45) is 0. The van der Waals surface area contributed by atoms with Crippen molar-refractivity contribution < 1.29 is 34.4 Å². The minimum Gasteiger partial charge on any atom is -0.396 e. The van der Waals surface area contributed by atoms with Gasteiger partial charge >= 0.3 is 0 Å². The predicted octanol–water partition coefficient (Wildman–Crippen LogP) is 4.40. The molecule has 0 aliphatic rings. The van der Waals surface area contributed by atoms with Crippen molar-refractivity contribution in [2.45, 2.75) is 21.6 Å². The predicted molar refractivity (Wildman–Crippen MR) is 138 cm³/mol. The van der Waals surface area contributed by atoms with E-state index in [0.29, 0.717) is 5.56 Å². The molecule has 3 aromatic carbocycles.